The molecule has 0 spiro atoms. The minimum atomic E-state index is 0.0730. The van der Waals surface area contributed by atoms with E-state index in [1.807, 2.05) is 19.4 Å². The minimum absolute atomic E-state index is 0.0730. The number of nitrogens with two attached hydrogens (primary N) is 1. The SMILES string of the molecule is C[C@@H](N)c1cncn1CCN1CCCCC1. The van der Waals surface area contributed by atoms with Crippen LogP contribution in [0.15, 0.2) is 12.5 Å². The van der Waals surface area contributed by atoms with Crippen molar-refractivity contribution >= 4 is 0 Å². The molecule has 2 N–H and O–H groups in total. The molecule has 1 saturated heterocycles. The van der Waals surface area contributed by atoms with Gasteiger partial charge in [-0.15, -0.1) is 0 Å². The Labute approximate surface area is 97.4 Å². The molecule has 1 aromatic rings. The Kier molecular flexibility index (Phi) is 3.96. The van der Waals surface area contributed by atoms with Crippen molar-refractivity contribution in [1.82, 2.24) is 14.5 Å². The van der Waals surface area contributed by atoms with Gasteiger partial charge >= 0.3 is 0 Å². The summed E-state index contributed by atoms with van der Waals surface area (Å²) in [5.41, 5.74) is 7.03. The third-order valence-electron chi connectivity index (χ3n) is 3.32. The molecule has 1 aromatic heterocycles. The fourth-order valence-corrected chi connectivity index (χ4v) is 2.33. The zero-order valence-corrected chi connectivity index (χ0v) is 10.1. The van der Waals surface area contributed by atoms with Crippen LogP contribution in [0.25, 0.3) is 0 Å². The van der Waals surface area contributed by atoms with E-state index < -0.39 is 0 Å². The fraction of sp³-hybridized carbons (Fsp3) is 0.750. The summed E-state index contributed by atoms with van der Waals surface area (Å²) in [6.45, 7) is 6.64. The molecule has 0 amide bonds. The molecule has 4 heteroatoms. The van der Waals surface area contributed by atoms with Crippen molar-refractivity contribution in [2.45, 2.75) is 38.8 Å². The molecule has 0 bridgehead atoms. The Hall–Kier alpha value is -0.870. The number of nitrogens with zero attached hydrogens (tertiary/aromatic N) is 3. The first-order valence-electron chi connectivity index (χ1n) is 6.25. The predicted molar refractivity (Wildman–Crippen MR) is 65.1 cm³/mol. The van der Waals surface area contributed by atoms with E-state index in [1.54, 1.807) is 0 Å². The average Bonchev–Trinajstić information content (AvgIpc) is 2.76. The van der Waals surface area contributed by atoms with Crippen LogP contribution < -0.4 is 5.73 Å². The highest BCUT2D eigenvalue weighted by Gasteiger charge is 2.11. The molecule has 1 atom stereocenters. The summed E-state index contributed by atoms with van der Waals surface area (Å²) < 4.78 is 2.18. The normalized spacial score (nSPS) is 19.9. The summed E-state index contributed by atoms with van der Waals surface area (Å²) in [6.07, 6.45) is 7.87. The Balaban J connectivity index is 1.86. The van der Waals surface area contributed by atoms with Crippen molar-refractivity contribution in [3.63, 3.8) is 0 Å². The summed E-state index contributed by atoms with van der Waals surface area (Å²) in [5.74, 6) is 0. The lowest BCUT2D eigenvalue weighted by Crippen LogP contribution is -2.32. The standard InChI is InChI=1S/C12H22N4/c1-11(13)12-9-14-10-16(12)8-7-15-5-3-2-4-6-15/h9-11H,2-8,13H2,1H3/t11-/m1/s1. The van der Waals surface area contributed by atoms with E-state index in [9.17, 15) is 0 Å². The number of piperidine rings is 1. The molecule has 4 nitrogen and oxygen atoms in total. The Morgan fingerprint density at radius 3 is 2.75 bits per heavy atom. The molecule has 2 rings (SSSR count). The van der Waals surface area contributed by atoms with Crippen LogP contribution in [-0.2, 0) is 6.54 Å². The van der Waals surface area contributed by atoms with Crippen LogP contribution in [0.3, 0.4) is 0 Å². The summed E-state index contributed by atoms with van der Waals surface area (Å²) in [5, 5.41) is 0. The minimum Gasteiger partial charge on any atom is -0.332 e. The molecule has 1 fully saturated rings. The second-order valence-electron chi connectivity index (χ2n) is 4.70. The molecular formula is C12H22N4. The van der Waals surface area contributed by atoms with E-state index in [4.69, 9.17) is 5.73 Å². The third-order valence-corrected chi connectivity index (χ3v) is 3.32. The second kappa shape index (κ2) is 5.46. The maximum Gasteiger partial charge on any atom is 0.0949 e. The molecule has 0 aromatic carbocycles. The topological polar surface area (TPSA) is 47.1 Å². The first-order valence-corrected chi connectivity index (χ1v) is 6.25. The van der Waals surface area contributed by atoms with Gasteiger partial charge in [-0.25, -0.2) is 4.98 Å². The molecule has 1 aliphatic rings. The molecule has 16 heavy (non-hydrogen) atoms. The lowest BCUT2D eigenvalue weighted by atomic mass is 10.1. The van der Waals surface area contributed by atoms with Crippen molar-refractivity contribution in [3.8, 4) is 0 Å². The van der Waals surface area contributed by atoms with Crippen molar-refractivity contribution in [3.05, 3.63) is 18.2 Å². The zero-order valence-electron chi connectivity index (χ0n) is 10.1. The van der Waals surface area contributed by atoms with E-state index >= 15 is 0 Å². The van der Waals surface area contributed by atoms with Crippen LogP contribution in [0.2, 0.25) is 0 Å². The number of likely N-dealkylation sites (tertiary alicyclic amines) is 1. The quantitative estimate of drug-likeness (QED) is 0.837. The Bertz CT molecular complexity index is 313. The van der Waals surface area contributed by atoms with Gasteiger partial charge in [0.05, 0.1) is 12.0 Å². The highest BCUT2D eigenvalue weighted by Crippen LogP contribution is 2.11. The van der Waals surface area contributed by atoms with Crippen LogP contribution in [0.4, 0.5) is 0 Å². The van der Waals surface area contributed by atoms with Gasteiger partial charge < -0.3 is 15.2 Å². The van der Waals surface area contributed by atoms with Crippen molar-refractivity contribution < 1.29 is 0 Å². The van der Waals surface area contributed by atoms with Crippen LogP contribution >= 0.6 is 0 Å². The Morgan fingerprint density at radius 2 is 2.06 bits per heavy atom. The van der Waals surface area contributed by atoms with Crippen molar-refractivity contribution in [2.24, 2.45) is 5.73 Å². The first-order chi connectivity index (χ1) is 7.77. The maximum atomic E-state index is 5.89. The number of aromatic nitrogens is 2. The molecule has 0 unspecified atom stereocenters. The summed E-state index contributed by atoms with van der Waals surface area (Å²) >= 11 is 0. The van der Waals surface area contributed by atoms with E-state index in [2.05, 4.69) is 14.5 Å². The third kappa shape index (κ3) is 2.83. The van der Waals surface area contributed by atoms with Gasteiger partial charge in [0.1, 0.15) is 0 Å². The molecule has 0 saturated carbocycles. The Morgan fingerprint density at radius 1 is 1.31 bits per heavy atom. The summed E-state index contributed by atoms with van der Waals surface area (Å²) in [7, 11) is 0. The van der Waals surface area contributed by atoms with E-state index in [1.165, 1.54) is 32.4 Å². The lowest BCUT2D eigenvalue weighted by molar-refractivity contribution is 0.220. The van der Waals surface area contributed by atoms with E-state index in [-0.39, 0.29) is 6.04 Å². The van der Waals surface area contributed by atoms with Gasteiger partial charge in [0.15, 0.2) is 0 Å². The molecule has 0 radical (unpaired) electrons. The first kappa shape index (κ1) is 11.6. The van der Waals surface area contributed by atoms with Gasteiger partial charge in [-0.05, 0) is 32.9 Å². The number of imidazole rings is 1. The fourth-order valence-electron chi connectivity index (χ4n) is 2.33. The van der Waals surface area contributed by atoms with Crippen LogP contribution in [0.1, 0.15) is 37.9 Å². The molecule has 90 valence electrons. The van der Waals surface area contributed by atoms with Gasteiger partial charge in [-0.1, -0.05) is 6.42 Å². The molecular weight excluding hydrogens is 200 g/mol. The summed E-state index contributed by atoms with van der Waals surface area (Å²) in [6, 6.07) is 0.0730. The maximum absolute atomic E-state index is 5.89. The van der Waals surface area contributed by atoms with Gasteiger partial charge in [0.2, 0.25) is 0 Å². The predicted octanol–water partition coefficient (Wildman–Crippen LogP) is 1.39. The molecule has 0 aliphatic carbocycles. The van der Waals surface area contributed by atoms with Crippen molar-refractivity contribution in [1.29, 1.82) is 0 Å². The van der Waals surface area contributed by atoms with Gasteiger partial charge in [-0.3, -0.25) is 0 Å². The molecule has 2 heterocycles. The lowest BCUT2D eigenvalue weighted by Gasteiger charge is -2.26. The second-order valence-corrected chi connectivity index (χ2v) is 4.70. The van der Waals surface area contributed by atoms with Crippen LogP contribution in [0, 0.1) is 0 Å². The average molecular weight is 222 g/mol. The van der Waals surface area contributed by atoms with Gasteiger partial charge in [0.25, 0.3) is 0 Å². The number of rotatable bonds is 4. The highest BCUT2D eigenvalue weighted by atomic mass is 15.2. The zero-order chi connectivity index (χ0) is 11.4. The van der Waals surface area contributed by atoms with E-state index in [0.29, 0.717) is 0 Å². The molecule has 1 aliphatic heterocycles. The van der Waals surface area contributed by atoms with Crippen LogP contribution in [0.5, 0.6) is 0 Å². The van der Waals surface area contributed by atoms with Crippen molar-refractivity contribution in [2.75, 3.05) is 19.6 Å². The summed E-state index contributed by atoms with van der Waals surface area (Å²) in [4.78, 5) is 6.71. The largest absolute Gasteiger partial charge is 0.332 e. The van der Waals surface area contributed by atoms with Gasteiger partial charge in [0, 0.05) is 25.3 Å². The number of hydrogen-bond donors (Lipinski definition) is 1. The highest BCUT2D eigenvalue weighted by molar-refractivity contribution is 5.03. The van der Waals surface area contributed by atoms with Gasteiger partial charge in [-0.2, -0.15) is 0 Å². The van der Waals surface area contributed by atoms with Crippen LogP contribution in [-0.4, -0.2) is 34.1 Å². The number of hydrogen-bond acceptors (Lipinski definition) is 3. The van der Waals surface area contributed by atoms with E-state index in [0.717, 1.165) is 18.8 Å². The smallest absolute Gasteiger partial charge is 0.0949 e. The monoisotopic (exact) mass is 222 g/mol.